The molecule has 0 rings (SSSR count). The molecule has 0 aromatic heterocycles. The summed E-state index contributed by atoms with van der Waals surface area (Å²) in [5.74, 6) is 0. The van der Waals surface area contributed by atoms with Crippen LogP contribution in [0.1, 0.15) is 6.92 Å². The molecule has 0 amide bonds. The second-order valence-electron chi connectivity index (χ2n) is 1.71. The van der Waals surface area contributed by atoms with Gasteiger partial charge in [-0.15, -0.1) is 0 Å². The normalized spacial score (nSPS) is 12.7. The van der Waals surface area contributed by atoms with E-state index in [1.807, 2.05) is 0 Å². The molecule has 13 heavy (non-hydrogen) atoms. The topological polar surface area (TPSA) is 66.4 Å². The largest absolute Gasteiger partial charge is 1.00 e. The fraction of sp³-hybridized carbons (Fsp3) is 0.500. The molecule has 0 aliphatic carbocycles. The van der Waals surface area contributed by atoms with E-state index in [0.717, 1.165) is 0 Å². The Morgan fingerprint density at radius 3 is 2.00 bits per heavy atom. The van der Waals surface area contributed by atoms with E-state index in [-0.39, 0.29) is 18.9 Å². The van der Waals surface area contributed by atoms with E-state index in [1.54, 1.807) is 0 Å². The van der Waals surface area contributed by atoms with Crippen molar-refractivity contribution in [2.75, 3.05) is 0 Å². The van der Waals surface area contributed by atoms with Crippen LogP contribution in [0.4, 0.5) is 13.2 Å². The minimum atomic E-state index is -4.91. The van der Waals surface area contributed by atoms with Crippen molar-refractivity contribution in [1.29, 1.82) is 0 Å². The van der Waals surface area contributed by atoms with Gasteiger partial charge in [0.05, 0.1) is 0 Å². The molecule has 0 aromatic rings. The Balaban J connectivity index is 0. The second-order valence-corrected chi connectivity index (χ2v) is 3.36. The summed E-state index contributed by atoms with van der Waals surface area (Å²) in [5.41, 5.74) is -2.17. The van der Waals surface area contributed by atoms with Gasteiger partial charge in [-0.05, 0) is 6.92 Å². The number of ether oxygens (including phenoxy) is 1. The molecule has 0 aliphatic heterocycles. The van der Waals surface area contributed by atoms with Gasteiger partial charge in [0.1, 0.15) is 10.1 Å². The standard InChI is InChI=1S/C4H5F3O4S.Li/c1-2(12(8,9)10)11-4(7)3(5)6;/h2H,1H3,(H,8,9,10);/q;+1/p-1. The molecule has 0 aliphatic rings. The fourth-order valence-electron chi connectivity index (χ4n) is 0.249. The van der Waals surface area contributed by atoms with Gasteiger partial charge in [0.25, 0.3) is 0 Å². The first-order valence-electron chi connectivity index (χ1n) is 2.57. The molecule has 4 nitrogen and oxygen atoms in total. The Kier molecular flexibility index (Phi) is 6.53. The molecule has 0 radical (unpaired) electrons. The molecule has 72 valence electrons. The SMILES string of the molecule is CC(OC(F)=C(F)F)S(=O)(=O)[O-].[Li+]. The van der Waals surface area contributed by atoms with E-state index >= 15 is 0 Å². The zero-order chi connectivity index (χ0) is 9.94. The average Bonchev–Trinajstić information content (AvgIpc) is 1.85. The van der Waals surface area contributed by atoms with Crippen molar-refractivity contribution in [1.82, 2.24) is 0 Å². The van der Waals surface area contributed by atoms with Crippen LogP contribution < -0.4 is 18.9 Å². The molecule has 0 aromatic carbocycles. The smallest absolute Gasteiger partial charge is 0.745 e. The Hall–Kier alpha value is -0.163. The van der Waals surface area contributed by atoms with Crippen LogP contribution in [0, 0.1) is 0 Å². The van der Waals surface area contributed by atoms with Crippen LogP contribution in [0.2, 0.25) is 0 Å². The van der Waals surface area contributed by atoms with Crippen LogP contribution in [-0.2, 0) is 14.9 Å². The third kappa shape index (κ3) is 5.98. The van der Waals surface area contributed by atoms with Gasteiger partial charge in [0, 0.05) is 0 Å². The number of hydrogen-bond donors (Lipinski definition) is 0. The first-order valence-corrected chi connectivity index (χ1v) is 4.04. The van der Waals surface area contributed by atoms with Crippen LogP contribution in [0.15, 0.2) is 12.1 Å². The third-order valence-corrected chi connectivity index (χ3v) is 1.73. The molecular weight excluding hydrogens is 208 g/mol. The van der Waals surface area contributed by atoms with Crippen molar-refractivity contribution in [3.8, 4) is 0 Å². The quantitative estimate of drug-likeness (QED) is 0.306. The molecule has 0 spiro atoms. The maximum atomic E-state index is 11.8. The van der Waals surface area contributed by atoms with E-state index in [0.29, 0.717) is 6.92 Å². The molecule has 0 heterocycles. The van der Waals surface area contributed by atoms with E-state index in [1.165, 1.54) is 0 Å². The first kappa shape index (κ1) is 15.3. The van der Waals surface area contributed by atoms with Gasteiger partial charge >= 0.3 is 31.0 Å². The van der Waals surface area contributed by atoms with Gasteiger partial charge in [-0.2, -0.15) is 13.2 Å². The average molecular weight is 212 g/mol. The van der Waals surface area contributed by atoms with Gasteiger partial charge < -0.3 is 9.29 Å². The van der Waals surface area contributed by atoms with E-state index in [4.69, 9.17) is 0 Å². The third-order valence-electron chi connectivity index (χ3n) is 0.825. The van der Waals surface area contributed by atoms with Crippen LogP contribution in [0.3, 0.4) is 0 Å². The summed E-state index contributed by atoms with van der Waals surface area (Å²) in [4.78, 5) is 0. The van der Waals surface area contributed by atoms with E-state index in [9.17, 15) is 26.1 Å². The Morgan fingerprint density at radius 2 is 1.77 bits per heavy atom. The molecule has 0 bridgehead atoms. The predicted molar refractivity (Wildman–Crippen MR) is 30.6 cm³/mol. The monoisotopic (exact) mass is 212 g/mol. The van der Waals surface area contributed by atoms with Crippen molar-refractivity contribution in [2.45, 2.75) is 12.4 Å². The Labute approximate surface area is 84.7 Å². The van der Waals surface area contributed by atoms with Gasteiger partial charge in [-0.1, -0.05) is 0 Å². The van der Waals surface area contributed by atoms with Crippen LogP contribution in [0.25, 0.3) is 0 Å². The zero-order valence-electron chi connectivity index (χ0n) is 6.75. The molecule has 0 saturated carbocycles. The molecule has 0 N–H and O–H groups in total. The summed E-state index contributed by atoms with van der Waals surface area (Å²) in [7, 11) is -4.91. The van der Waals surface area contributed by atoms with Crippen molar-refractivity contribution < 1.29 is 49.7 Å². The summed E-state index contributed by atoms with van der Waals surface area (Å²) in [6.07, 6.45) is -2.81. The van der Waals surface area contributed by atoms with Crippen molar-refractivity contribution in [3.63, 3.8) is 0 Å². The summed E-state index contributed by atoms with van der Waals surface area (Å²) in [6.45, 7) is 0.644. The molecular formula is C4H4F3LiO4S. The minimum absolute atomic E-state index is 0. The summed E-state index contributed by atoms with van der Waals surface area (Å²) in [6, 6.07) is -2.36. The second kappa shape index (κ2) is 5.54. The number of hydrogen-bond acceptors (Lipinski definition) is 4. The zero-order valence-corrected chi connectivity index (χ0v) is 7.57. The van der Waals surface area contributed by atoms with E-state index < -0.39 is 27.6 Å². The van der Waals surface area contributed by atoms with Gasteiger partial charge in [-0.25, -0.2) is 8.42 Å². The van der Waals surface area contributed by atoms with Gasteiger partial charge in [0.15, 0.2) is 5.44 Å². The molecule has 1 unspecified atom stereocenters. The summed E-state index contributed by atoms with van der Waals surface area (Å²) in [5, 5.41) is 0. The Bertz CT molecular complexity index is 284. The molecule has 0 fully saturated rings. The summed E-state index contributed by atoms with van der Waals surface area (Å²) >= 11 is 0. The Morgan fingerprint density at radius 1 is 1.38 bits per heavy atom. The van der Waals surface area contributed by atoms with Crippen molar-refractivity contribution in [2.24, 2.45) is 0 Å². The maximum absolute atomic E-state index is 11.8. The van der Waals surface area contributed by atoms with Crippen LogP contribution in [0.5, 0.6) is 0 Å². The van der Waals surface area contributed by atoms with Gasteiger partial charge in [-0.3, -0.25) is 0 Å². The first-order chi connectivity index (χ1) is 5.25. The van der Waals surface area contributed by atoms with Crippen LogP contribution >= 0.6 is 0 Å². The summed E-state index contributed by atoms with van der Waals surface area (Å²) < 4.78 is 67.7. The van der Waals surface area contributed by atoms with Crippen molar-refractivity contribution in [3.05, 3.63) is 12.1 Å². The van der Waals surface area contributed by atoms with Crippen LogP contribution in [-0.4, -0.2) is 18.4 Å². The van der Waals surface area contributed by atoms with Crippen molar-refractivity contribution >= 4 is 10.1 Å². The molecule has 0 saturated heterocycles. The minimum Gasteiger partial charge on any atom is -0.745 e. The van der Waals surface area contributed by atoms with E-state index in [2.05, 4.69) is 4.74 Å². The molecule has 1 atom stereocenters. The predicted octanol–water partition coefficient (Wildman–Crippen LogP) is -2.07. The fourth-order valence-corrected chi connectivity index (χ4v) is 0.452. The number of halogens is 3. The maximum Gasteiger partial charge on any atom is 1.00 e. The molecule has 9 heteroatoms. The van der Waals surface area contributed by atoms with Gasteiger partial charge in [0.2, 0.25) is 0 Å². The number of rotatable bonds is 3.